The molecule has 1 aromatic heterocycles. The summed E-state index contributed by atoms with van der Waals surface area (Å²) in [7, 11) is 0. The van der Waals surface area contributed by atoms with Crippen LogP contribution in [0.1, 0.15) is 16.2 Å². The Kier molecular flexibility index (Phi) is 3.55. The molecule has 0 aliphatic heterocycles. The van der Waals surface area contributed by atoms with Crippen molar-refractivity contribution in [1.29, 1.82) is 0 Å². The van der Waals surface area contributed by atoms with Gasteiger partial charge in [0.25, 0.3) is 0 Å². The van der Waals surface area contributed by atoms with Crippen molar-refractivity contribution < 1.29 is 9.53 Å². The van der Waals surface area contributed by atoms with Crippen LogP contribution >= 0.6 is 0 Å². The number of hydrogen-bond acceptors (Lipinski definition) is 3. The molecule has 4 nitrogen and oxygen atoms in total. The molecule has 0 saturated heterocycles. The quantitative estimate of drug-likeness (QED) is 0.739. The number of carbonyl (C=O) groups excluding carboxylic acids is 1. The SMILES string of the molecule is Cc1nccn1CCOc1cccc(C=O)c1. The monoisotopic (exact) mass is 230 g/mol. The Hall–Kier alpha value is -2.10. The van der Waals surface area contributed by atoms with Gasteiger partial charge in [-0.15, -0.1) is 0 Å². The van der Waals surface area contributed by atoms with Crippen LogP contribution in [0.15, 0.2) is 36.7 Å². The normalized spacial score (nSPS) is 10.2. The predicted octanol–water partition coefficient (Wildman–Crippen LogP) is 2.08. The molecule has 0 spiro atoms. The predicted molar refractivity (Wildman–Crippen MR) is 64.3 cm³/mol. The molecule has 0 N–H and O–H groups in total. The summed E-state index contributed by atoms with van der Waals surface area (Å²) >= 11 is 0. The number of aldehydes is 1. The highest BCUT2D eigenvalue weighted by Crippen LogP contribution is 2.11. The first-order valence-corrected chi connectivity index (χ1v) is 5.45. The molecule has 4 heteroatoms. The van der Waals surface area contributed by atoms with Gasteiger partial charge in [-0.05, 0) is 19.1 Å². The second-order valence-corrected chi connectivity index (χ2v) is 3.71. The third-order valence-corrected chi connectivity index (χ3v) is 2.52. The average molecular weight is 230 g/mol. The summed E-state index contributed by atoms with van der Waals surface area (Å²) in [4.78, 5) is 14.7. The van der Waals surface area contributed by atoms with Crippen molar-refractivity contribution >= 4 is 6.29 Å². The zero-order valence-corrected chi connectivity index (χ0v) is 9.67. The smallest absolute Gasteiger partial charge is 0.150 e. The summed E-state index contributed by atoms with van der Waals surface area (Å²) in [6.07, 6.45) is 4.50. The fraction of sp³-hybridized carbons (Fsp3) is 0.231. The minimum atomic E-state index is 0.555. The lowest BCUT2D eigenvalue weighted by molar-refractivity contribution is 0.112. The lowest BCUT2D eigenvalue weighted by Gasteiger charge is -2.08. The van der Waals surface area contributed by atoms with Crippen LogP contribution in [0.25, 0.3) is 0 Å². The van der Waals surface area contributed by atoms with Crippen LogP contribution in [0, 0.1) is 6.92 Å². The van der Waals surface area contributed by atoms with Crippen LogP contribution < -0.4 is 4.74 Å². The Balaban J connectivity index is 1.90. The van der Waals surface area contributed by atoms with Gasteiger partial charge in [0.1, 0.15) is 24.5 Å². The van der Waals surface area contributed by atoms with E-state index in [1.54, 1.807) is 18.3 Å². The highest BCUT2D eigenvalue weighted by Gasteiger charge is 1.98. The Morgan fingerprint density at radius 3 is 3.06 bits per heavy atom. The van der Waals surface area contributed by atoms with Crippen molar-refractivity contribution in [2.45, 2.75) is 13.5 Å². The van der Waals surface area contributed by atoms with Gasteiger partial charge in [-0.3, -0.25) is 4.79 Å². The summed E-state index contributed by atoms with van der Waals surface area (Å²) < 4.78 is 7.59. The van der Waals surface area contributed by atoms with Gasteiger partial charge in [-0.25, -0.2) is 4.98 Å². The molecular formula is C13H14N2O2. The number of carbonyl (C=O) groups is 1. The highest BCUT2D eigenvalue weighted by atomic mass is 16.5. The van der Waals surface area contributed by atoms with Crippen molar-refractivity contribution in [2.24, 2.45) is 0 Å². The number of benzene rings is 1. The summed E-state index contributed by atoms with van der Waals surface area (Å²) in [6.45, 7) is 3.25. The van der Waals surface area contributed by atoms with E-state index in [1.807, 2.05) is 29.8 Å². The Morgan fingerprint density at radius 2 is 2.35 bits per heavy atom. The number of ether oxygens (including phenoxy) is 1. The number of imidazole rings is 1. The Bertz CT molecular complexity index is 506. The maximum atomic E-state index is 10.6. The van der Waals surface area contributed by atoms with Crippen LogP contribution in [0.2, 0.25) is 0 Å². The maximum absolute atomic E-state index is 10.6. The van der Waals surface area contributed by atoms with Gasteiger partial charge in [0.2, 0.25) is 0 Å². The van der Waals surface area contributed by atoms with E-state index in [-0.39, 0.29) is 0 Å². The van der Waals surface area contributed by atoms with E-state index in [4.69, 9.17) is 4.74 Å². The lowest BCUT2D eigenvalue weighted by atomic mass is 10.2. The van der Waals surface area contributed by atoms with Gasteiger partial charge in [-0.1, -0.05) is 12.1 Å². The molecule has 2 rings (SSSR count). The van der Waals surface area contributed by atoms with Crippen LogP contribution in [0.3, 0.4) is 0 Å². The van der Waals surface area contributed by atoms with Crippen molar-refractivity contribution in [3.63, 3.8) is 0 Å². The number of nitrogens with zero attached hydrogens (tertiary/aromatic N) is 2. The van der Waals surface area contributed by atoms with E-state index in [9.17, 15) is 4.79 Å². The molecule has 0 bridgehead atoms. The summed E-state index contributed by atoms with van der Waals surface area (Å²) in [5.74, 6) is 1.68. The van der Waals surface area contributed by atoms with Crippen LogP contribution in [-0.4, -0.2) is 22.4 Å². The molecule has 0 atom stereocenters. The third kappa shape index (κ3) is 2.93. The van der Waals surface area contributed by atoms with E-state index in [2.05, 4.69) is 4.98 Å². The largest absolute Gasteiger partial charge is 0.492 e. The lowest BCUT2D eigenvalue weighted by Crippen LogP contribution is -2.08. The zero-order chi connectivity index (χ0) is 12.1. The van der Waals surface area contributed by atoms with Crippen molar-refractivity contribution in [1.82, 2.24) is 9.55 Å². The Labute approximate surface area is 99.9 Å². The Morgan fingerprint density at radius 1 is 1.47 bits per heavy atom. The first kappa shape index (κ1) is 11.4. The van der Waals surface area contributed by atoms with Crippen LogP contribution in [0.5, 0.6) is 5.75 Å². The topological polar surface area (TPSA) is 44.1 Å². The molecule has 2 aromatic rings. The second kappa shape index (κ2) is 5.30. The van der Waals surface area contributed by atoms with Crippen molar-refractivity contribution in [3.8, 4) is 5.75 Å². The third-order valence-electron chi connectivity index (χ3n) is 2.52. The maximum Gasteiger partial charge on any atom is 0.150 e. The first-order valence-electron chi connectivity index (χ1n) is 5.45. The van der Waals surface area contributed by atoms with E-state index >= 15 is 0 Å². The summed E-state index contributed by atoms with van der Waals surface area (Å²) in [5, 5.41) is 0. The van der Waals surface area contributed by atoms with Crippen molar-refractivity contribution in [2.75, 3.05) is 6.61 Å². The van der Waals surface area contributed by atoms with Gasteiger partial charge in [0.05, 0.1) is 6.54 Å². The highest BCUT2D eigenvalue weighted by molar-refractivity contribution is 5.75. The molecule has 1 aromatic carbocycles. The molecule has 0 fully saturated rings. The van der Waals surface area contributed by atoms with Gasteiger partial charge in [0, 0.05) is 18.0 Å². The average Bonchev–Trinajstić information content (AvgIpc) is 2.76. The number of aryl methyl sites for hydroxylation is 1. The minimum Gasteiger partial charge on any atom is -0.492 e. The van der Waals surface area contributed by atoms with Gasteiger partial charge in [-0.2, -0.15) is 0 Å². The molecule has 0 amide bonds. The number of aromatic nitrogens is 2. The molecule has 0 unspecified atom stereocenters. The van der Waals surface area contributed by atoms with Crippen molar-refractivity contribution in [3.05, 3.63) is 48.0 Å². The first-order chi connectivity index (χ1) is 8.29. The molecule has 88 valence electrons. The van der Waals surface area contributed by atoms with Gasteiger partial charge >= 0.3 is 0 Å². The standard InChI is InChI=1S/C13H14N2O2/c1-11-14-5-6-15(11)7-8-17-13-4-2-3-12(9-13)10-16/h2-6,9-10H,7-8H2,1H3. The second-order valence-electron chi connectivity index (χ2n) is 3.71. The fourth-order valence-corrected chi connectivity index (χ4v) is 1.58. The molecule has 1 heterocycles. The number of hydrogen-bond donors (Lipinski definition) is 0. The van der Waals surface area contributed by atoms with Gasteiger partial charge < -0.3 is 9.30 Å². The van der Waals surface area contributed by atoms with E-state index < -0.39 is 0 Å². The van der Waals surface area contributed by atoms with Crippen LogP contribution in [-0.2, 0) is 6.54 Å². The molecule has 0 aliphatic carbocycles. The molecule has 17 heavy (non-hydrogen) atoms. The van der Waals surface area contributed by atoms with Crippen LogP contribution in [0.4, 0.5) is 0 Å². The minimum absolute atomic E-state index is 0.555. The van der Waals surface area contributed by atoms with E-state index in [0.717, 1.165) is 18.7 Å². The molecule has 0 radical (unpaired) electrons. The number of rotatable bonds is 5. The summed E-state index contributed by atoms with van der Waals surface area (Å²) in [6, 6.07) is 7.13. The fourth-order valence-electron chi connectivity index (χ4n) is 1.58. The van der Waals surface area contributed by atoms with E-state index in [1.165, 1.54) is 0 Å². The molecule has 0 aliphatic rings. The summed E-state index contributed by atoms with van der Waals surface area (Å²) in [5.41, 5.74) is 0.626. The van der Waals surface area contributed by atoms with Gasteiger partial charge in [0.15, 0.2) is 0 Å². The zero-order valence-electron chi connectivity index (χ0n) is 9.67. The molecular weight excluding hydrogens is 216 g/mol. The molecule has 0 saturated carbocycles. The van der Waals surface area contributed by atoms with E-state index in [0.29, 0.717) is 17.9 Å².